The van der Waals surface area contributed by atoms with Crippen molar-refractivity contribution in [1.29, 1.82) is 0 Å². The molecule has 1 saturated heterocycles. The Labute approximate surface area is 200 Å². The fourth-order valence-corrected chi connectivity index (χ4v) is 4.38. The summed E-state index contributed by atoms with van der Waals surface area (Å²) in [6.07, 6.45) is 0.633. The number of ether oxygens (including phenoxy) is 2. The number of piperidine rings is 1. The summed E-state index contributed by atoms with van der Waals surface area (Å²) in [6.45, 7) is 4.92. The van der Waals surface area contributed by atoms with E-state index in [1.54, 1.807) is 36.2 Å². The minimum Gasteiger partial charge on any atom is -0.497 e. The third-order valence-electron chi connectivity index (χ3n) is 6.27. The van der Waals surface area contributed by atoms with Crippen LogP contribution in [-0.2, 0) is 14.4 Å². The van der Waals surface area contributed by atoms with E-state index in [1.165, 1.54) is 0 Å². The highest BCUT2D eigenvalue weighted by molar-refractivity contribution is 5.98. The largest absolute Gasteiger partial charge is 0.497 e. The number of rotatable bonds is 9. The topological polar surface area (TPSA) is 88.2 Å². The Morgan fingerprint density at radius 3 is 2.06 bits per heavy atom. The minimum absolute atomic E-state index is 0.0609. The number of methoxy groups -OCH3 is 2. The van der Waals surface area contributed by atoms with E-state index >= 15 is 0 Å². The van der Waals surface area contributed by atoms with Crippen molar-refractivity contribution in [2.45, 2.75) is 32.7 Å². The number of nitrogens with one attached hydrogen (secondary N) is 1. The van der Waals surface area contributed by atoms with E-state index in [1.807, 2.05) is 50.2 Å². The van der Waals surface area contributed by atoms with Gasteiger partial charge < -0.3 is 24.6 Å². The Kier molecular flexibility index (Phi) is 8.51. The molecule has 1 fully saturated rings. The van der Waals surface area contributed by atoms with Crippen molar-refractivity contribution in [3.05, 3.63) is 54.1 Å². The van der Waals surface area contributed by atoms with Gasteiger partial charge in [0.15, 0.2) is 0 Å². The van der Waals surface area contributed by atoms with Gasteiger partial charge in [0.25, 0.3) is 0 Å². The third kappa shape index (κ3) is 5.50. The molecular formula is C26H33N3O5. The molecule has 3 rings (SSSR count). The summed E-state index contributed by atoms with van der Waals surface area (Å²) < 4.78 is 10.5. The van der Waals surface area contributed by atoms with Crippen molar-refractivity contribution in [2.75, 3.05) is 38.8 Å². The third-order valence-corrected chi connectivity index (χ3v) is 6.27. The van der Waals surface area contributed by atoms with E-state index in [9.17, 15) is 14.4 Å². The zero-order valence-electron chi connectivity index (χ0n) is 20.2. The van der Waals surface area contributed by atoms with Crippen molar-refractivity contribution in [2.24, 2.45) is 5.92 Å². The van der Waals surface area contributed by atoms with Crippen molar-refractivity contribution < 1.29 is 23.9 Å². The SMILES string of the molecule is CCN(CC)C(=O)CNC(=O)C1CCC(=O)N(c2ccc(OC)cc2)C1c1ccc(OC)cc1. The van der Waals surface area contributed by atoms with Gasteiger partial charge in [-0.25, -0.2) is 0 Å². The highest BCUT2D eigenvalue weighted by Gasteiger charge is 2.41. The lowest BCUT2D eigenvalue weighted by Crippen LogP contribution is -2.50. The maximum Gasteiger partial charge on any atom is 0.241 e. The second kappa shape index (κ2) is 11.5. The number of carbonyl (C=O) groups excluding carboxylic acids is 3. The quantitative estimate of drug-likeness (QED) is 0.612. The Morgan fingerprint density at radius 2 is 1.53 bits per heavy atom. The van der Waals surface area contributed by atoms with Crippen LogP contribution >= 0.6 is 0 Å². The molecule has 1 aliphatic heterocycles. The van der Waals surface area contributed by atoms with Gasteiger partial charge in [0.1, 0.15) is 11.5 Å². The summed E-state index contributed by atoms with van der Waals surface area (Å²) in [7, 11) is 3.17. The van der Waals surface area contributed by atoms with Crippen molar-refractivity contribution in [1.82, 2.24) is 10.2 Å². The molecule has 8 heteroatoms. The molecule has 1 N–H and O–H groups in total. The molecule has 1 heterocycles. The number of benzene rings is 2. The van der Waals surface area contributed by atoms with Crippen molar-refractivity contribution >= 4 is 23.4 Å². The molecule has 2 unspecified atom stereocenters. The summed E-state index contributed by atoms with van der Waals surface area (Å²) in [5.74, 6) is 0.420. The molecule has 3 amide bonds. The maximum absolute atomic E-state index is 13.3. The summed E-state index contributed by atoms with van der Waals surface area (Å²) >= 11 is 0. The zero-order valence-corrected chi connectivity index (χ0v) is 20.2. The Bertz CT molecular complexity index is 987. The van der Waals surface area contributed by atoms with Gasteiger partial charge in [0, 0.05) is 25.2 Å². The van der Waals surface area contributed by atoms with Gasteiger partial charge in [-0.15, -0.1) is 0 Å². The molecule has 0 spiro atoms. The lowest BCUT2D eigenvalue weighted by atomic mass is 9.83. The van der Waals surface area contributed by atoms with Gasteiger partial charge >= 0.3 is 0 Å². The molecule has 182 valence electrons. The first-order valence-electron chi connectivity index (χ1n) is 11.6. The molecule has 0 aliphatic carbocycles. The first-order valence-corrected chi connectivity index (χ1v) is 11.6. The normalized spacial score (nSPS) is 17.8. The molecule has 0 radical (unpaired) electrons. The maximum atomic E-state index is 13.3. The Hall–Kier alpha value is -3.55. The molecule has 2 aromatic carbocycles. The molecule has 2 aromatic rings. The van der Waals surface area contributed by atoms with Crippen LogP contribution in [0.3, 0.4) is 0 Å². The molecule has 2 atom stereocenters. The van der Waals surface area contributed by atoms with E-state index in [2.05, 4.69) is 5.32 Å². The summed E-state index contributed by atoms with van der Waals surface area (Å²) in [5, 5.41) is 2.82. The highest BCUT2D eigenvalue weighted by atomic mass is 16.5. The molecule has 0 saturated carbocycles. The predicted octanol–water partition coefficient (Wildman–Crippen LogP) is 3.17. The number of hydrogen-bond acceptors (Lipinski definition) is 5. The minimum atomic E-state index is -0.524. The van der Waals surface area contributed by atoms with Gasteiger partial charge in [-0.1, -0.05) is 12.1 Å². The second-order valence-corrected chi connectivity index (χ2v) is 8.11. The van der Waals surface area contributed by atoms with Gasteiger partial charge in [0.05, 0.1) is 32.7 Å². The standard InChI is InChI=1S/C26H33N3O5/c1-5-28(6-2)24(31)17-27-26(32)22-15-16-23(30)29(19-9-13-21(34-4)14-10-19)25(22)18-7-11-20(33-3)12-8-18/h7-14,22,25H,5-6,15-17H2,1-4H3,(H,27,32). The molecule has 1 aliphatic rings. The molecule has 0 aromatic heterocycles. The lowest BCUT2D eigenvalue weighted by molar-refractivity contribution is -0.135. The van der Waals surface area contributed by atoms with Crippen LogP contribution in [0.25, 0.3) is 0 Å². The Morgan fingerprint density at radius 1 is 0.971 bits per heavy atom. The van der Waals surface area contributed by atoms with Crippen molar-refractivity contribution in [3.63, 3.8) is 0 Å². The number of anilines is 1. The van der Waals surface area contributed by atoms with E-state index in [-0.39, 0.29) is 30.7 Å². The van der Waals surface area contributed by atoms with E-state index in [0.717, 1.165) is 5.56 Å². The number of nitrogens with zero attached hydrogens (tertiary/aromatic N) is 2. The van der Waals surface area contributed by atoms with Crippen LogP contribution in [0.4, 0.5) is 5.69 Å². The van der Waals surface area contributed by atoms with Crippen LogP contribution in [0.15, 0.2) is 48.5 Å². The highest BCUT2D eigenvalue weighted by Crippen LogP contribution is 2.40. The number of carbonyl (C=O) groups is 3. The van der Waals surface area contributed by atoms with Gasteiger partial charge in [-0.3, -0.25) is 14.4 Å². The summed E-state index contributed by atoms with van der Waals surface area (Å²) in [4.78, 5) is 42.3. The monoisotopic (exact) mass is 467 g/mol. The molecule has 8 nitrogen and oxygen atoms in total. The van der Waals surface area contributed by atoms with Crippen LogP contribution in [0.1, 0.15) is 38.3 Å². The fraction of sp³-hybridized carbons (Fsp3) is 0.423. The smallest absolute Gasteiger partial charge is 0.241 e. The van der Waals surface area contributed by atoms with Crippen LogP contribution in [0.5, 0.6) is 11.5 Å². The first-order chi connectivity index (χ1) is 16.4. The van der Waals surface area contributed by atoms with Crippen LogP contribution in [-0.4, -0.2) is 56.5 Å². The lowest BCUT2D eigenvalue weighted by Gasteiger charge is -2.41. The number of hydrogen-bond donors (Lipinski definition) is 1. The molecule has 34 heavy (non-hydrogen) atoms. The summed E-state index contributed by atoms with van der Waals surface area (Å²) in [6, 6.07) is 14.1. The number of likely N-dealkylation sites (N-methyl/N-ethyl adjacent to an activating group) is 1. The van der Waals surface area contributed by atoms with Gasteiger partial charge in [-0.05, 0) is 62.2 Å². The van der Waals surface area contributed by atoms with Crippen LogP contribution < -0.4 is 19.7 Å². The van der Waals surface area contributed by atoms with Crippen LogP contribution in [0, 0.1) is 5.92 Å². The van der Waals surface area contributed by atoms with Crippen LogP contribution in [0.2, 0.25) is 0 Å². The first kappa shape index (κ1) is 25.1. The van der Waals surface area contributed by atoms with E-state index in [0.29, 0.717) is 36.7 Å². The fourth-order valence-electron chi connectivity index (χ4n) is 4.38. The van der Waals surface area contributed by atoms with Gasteiger partial charge in [0.2, 0.25) is 17.7 Å². The number of amides is 3. The van der Waals surface area contributed by atoms with Gasteiger partial charge in [-0.2, -0.15) is 0 Å². The predicted molar refractivity (Wildman–Crippen MR) is 130 cm³/mol. The second-order valence-electron chi connectivity index (χ2n) is 8.11. The molecular weight excluding hydrogens is 434 g/mol. The average molecular weight is 468 g/mol. The van der Waals surface area contributed by atoms with Crippen molar-refractivity contribution in [3.8, 4) is 11.5 Å². The Balaban J connectivity index is 1.93. The molecule has 0 bridgehead atoms. The summed E-state index contributed by atoms with van der Waals surface area (Å²) in [5.41, 5.74) is 1.50. The van der Waals surface area contributed by atoms with E-state index in [4.69, 9.17) is 9.47 Å². The van der Waals surface area contributed by atoms with E-state index < -0.39 is 12.0 Å². The average Bonchev–Trinajstić information content (AvgIpc) is 2.88. The zero-order chi connectivity index (χ0) is 24.7.